The minimum absolute atomic E-state index is 0.0351. The number of hydrogen-bond acceptors (Lipinski definition) is 3. The number of likely N-dealkylation sites (tertiary alicyclic amines) is 1. The van der Waals surface area contributed by atoms with Gasteiger partial charge in [-0.2, -0.15) is 0 Å². The van der Waals surface area contributed by atoms with Crippen LogP contribution in [0.3, 0.4) is 0 Å². The number of amides is 1. The fraction of sp³-hybridized carbons (Fsp3) is 0.273. The van der Waals surface area contributed by atoms with Crippen LogP contribution in [0.4, 0.5) is 4.39 Å². The molecule has 0 radical (unpaired) electrons. The Morgan fingerprint density at radius 3 is 2.74 bits per heavy atom. The van der Waals surface area contributed by atoms with Gasteiger partial charge in [0.15, 0.2) is 11.6 Å². The Bertz CT molecular complexity index is 1010. The number of nitrogens with zero attached hydrogens (tertiary/aromatic N) is 2. The second kappa shape index (κ2) is 6.99. The largest absolute Gasteiger partial charge is 0.484 e. The van der Waals surface area contributed by atoms with Gasteiger partial charge in [-0.3, -0.25) is 9.78 Å². The van der Waals surface area contributed by atoms with Crippen molar-refractivity contribution in [3.63, 3.8) is 0 Å². The average Bonchev–Trinajstić information content (AvgIpc) is 2.64. The van der Waals surface area contributed by atoms with Gasteiger partial charge >= 0.3 is 0 Å². The molecule has 3 aromatic rings. The van der Waals surface area contributed by atoms with Gasteiger partial charge in [0.25, 0.3) is 5.91 Å². The molecule has 0 N–H and O–H groups in total. The van der Waals surface area contributed by atoms with E-state index in [1.54, 1.807) is 23.1 Å². The lowest BCUT2D eigenvalue weighted by atomic mass is 10.0. The van der Waals surface area contributed by atoms with Crippen LogP contribution in [0.2, 0.25) is 0 Å². The highest BCUT2D eigenvalue weighted by molar-refractivity contribution is 6.06. The van der Waals surface area contributed by atoms with Crippen molar-refractivity contribution in [1.29, 1.82) is 0 Å². The zero-order chi connectivity index (χ0) is 19.0. The van der Waals surface area contributed by atoms with Crippen LogP contribution in [0.5, 0.6) is 5.75 Å². The minimum Gasteiger partial charge on any atom is -0.484 e. The third-order valence-corrected chi connectivity index (χ3v) is 4.91. The number of pyridine rings is 1. The van der Waals surface area contributed by atoms with Crippen molar-refractivity contribution in [2.24, 2.45) is 0 Å². The number of fused-ring (bicyclic) bond motifs is 1. The summed E-state index contributed by atoms with van der Waals surface area (Å²) in [6.07, 6.45) is 0.714. The number of benzene rings is 2. The molecule has 4 nitrogen and oxygen atoms in total. The lowest BCUT2D eigenvalue weighted by molar-refractivity contribution is 0.0165. The van der Waals surface area contributed by atoms with Crippen LogP contribution in [-0.4, -0.2) is 35.0 Å². The molecular weight excluding hydrogens is 343 g/mol. The van der Waals surface area contributed by atoms with Crippen LogP contribution < -0.4 is 4.74 Å². The van der Waals surface area contributed by atoms with Crippen LogP contribution >= 0.6 is 0 Å². The summed E-state index contributed by atoms with van der Waals surface area (Å²) in [5.74, 6) is -0.190. The summed E-state index contributed by atoms with van der Waals surface area (Å²) >= 11 is 0. The van der Waals surface area contributed by atoms with Gasteiger partial charge in [0.05, 0.1) is 24.2 Å². The molecule has 2 aromatic carbocycles. The SMILES string of the molecule is CCc1ccc2nc(C)cc(C(=O)N3CC(Oc4ccccc4F)C3)c2c1. The number of ether oxygens (including phenoxy) is 1. The molecule has 0 atom stereocenters. The Morgan fingerprint density at radius 2 is 2.00 bits per heavy atom. The van der Waals surface area contributed by atoms with E-state index in [2.05, 4.69) is 11.9 Å². The molecule has 1 aliphatic heterocycles. The van der Waals surface area contributed by atoms with Crippen LogP contribution in [0.15, 0.2) is 48.5 Å². The molecule has 0 saturated carbocycles. The summed E-state index contributed by atoms with van der Waals surface area (Å²) in [6, 6.07) is 14.2. The van der Waals surface area contributed by atoms with Gasteiger partial charge in [0, 0.05) is 11.1 Å². The van der Waals surface area contributed by atoms with Crippen molar-refractivity contribution in [3.8, 4) is 5.75 Å². The summed E-state index contributed by atoms with van der Waals surface area (Å²) in [5, 5.41) is 0.878. The number of para-hydroxylation sites is 1. The molecule has 138 valence electrons. The Labute approximate surface area is 157 Å². The normalized spacial score (nSPS) is 14.3. The van der Waals surface area contributed by atoms with Crippen molar-refractivity contribution in [2.45, 2.75) is 26.4 Å². The smallest absolute Gasteiger partial charge is 0.254 e. The quantitative estimate of drug-likeness (QED) is 0.698. The van der Waals surface area contributed by atoms with E-state index in [9.17, 15) is 9.18 Å². The number of hydrogen-bond donors (Lipinski definition) is 0. The number of halogens is 1. The molecule has 0 bridgehead atoms. The van der Waals surface area contributed by atoms with E-state index in [0.717, 1.165) is 23.0 Å². The molecule has 27 heavy (non-hydrogen) atoms. The van der Waals surface area contributed by atoms with Crippen molar-refractivity contribution in [3.05, 3.63) is 71.2 Å². The first-order valence-electron chi connectivity index (χ1n) is 9.16. The van der Waals surface area contributed by atoms with Crippen LogP contribution in [0.25, 0.3) is 10.9 Å². The van der Waals surface area contributed by atoms with E-state index in [-0.39, 0.29) is 23.6 Å². The molecule has 2 heterocycles. The Balaban J connectivity index is 1.53. The first kappa shape index (κ1) is 17.5. The third kappa shape index (κ3) is 3.37. The van der Waals surface area contributed by atoms with Crippen molar-refractivity contribution in [1.82, 2.24) is 9.88 Å². The van der Waals surface area contributed by atoms with Crippen LogP contribution in [0.1, 0.15) is 28.5 Å². The number of carbonyl (C=O) groups is 1. The molecule has 0 spiro atoms. The number of aryl methyl sites for hydroxylation is 2. The third-order valence-electron chi connectivity index (χ3n) is 4.91. The van der Waals surface area contributed by atoms with E-state index in [0.29, 0.717) is 18.7 Å². The second-order valence-corrected chi connectivity index (χ2v) is 6.90. The van der Waals surface area contributed by atoms with E-state index < -0.39 is 0 Å². The van der Waals surface area contributed by atoms with Gasteiger partial charge in [0.2, 0.25) is 0 Å². The second-order valence-electron chi connectivity index (χ2n) is 6.90. The van der Waals surface area contributed by atoms with Crippen molar-refractivity contribution in [2.75, 3.05) is 13.1 Å². The van der Waals surface area contributed by atoms with Gasteiger partial charge in [0.1, 0.15) is 6.10 Å². The average molecular weight is 364 g/mol. The molecule has 4 rings (SSSR count). The van der Waals surface area contributed by atoms with Crippen LogP contribution in [0, 0.1) is 12.7 Å². The van der Waals surface area contributed by atoms with Crippen LogP contribution in [-0.2, 0) is 6.42 Å². The van der Waals surface area contributed by atoms with Gasteiger partial charge in [-0.05, 0) is 49.2 Å². The van der Waals surface area contributed by atoms with Gasteiger partial charge in [-0.1, -0.05) is 25.1 Å². The highest BCUT2D eigenvalue weighted by Crippen LogP contribution is 2.26. The highest BCUT2D eigenvalue weighted by Gasteiger charge is 2.34. The van der Waals surface area contributed by atoms with Gasteiger partial charge in [-0.15, -0.1) is 0 Å². The number of aromatic nitrogens is 1. The van der Waals surface area contributed by atoms with E-state index in [1.165, 1.54) is 11.6 Å². The molecule has 1 aliphatic rings. The lowest BCUT2D eigenvalue weighted by Crippen LogP contribution is -2.56. The summed E-state index contributed by atoms with van der Waals surface area (Å²) in [6.45, 7) is 4.88. The zero-order valence-corrected chi connectivity index (χ0v) is 15.4. The standard InChI is InChI=1S/C22H21FN2O2/c1-3-15-8-9-20-17(11-15)18(10-14(2)24-20)22(26)25-12-16(13-25)27-21-7-5-4-6-19(21)23/h4-11,16H,3,12-13H2,1-2H3. The topological polar surface area (TPSA) is 42.4 Å². The molecule has 5 heteroatoms. The molecule has 1 saturated heterocycles. The van der Waals surface area contributed by atoms with Gasteiger partial charge < -0.3 is 9.64 Å². The fourth-order valence-corrected chi connectivity index (χ4v) is 3.37. The van der Waals surface area contributed by atoms with Crippen molar-refractivity contribution < 1.29 is 13.9 Å². The maximum Gasteiger partial charge on any atom is 0.254 e. The maximum atomic E-state index is 13.7. The van der Waals surface area contributed by atoms with E-state index >= 15 is 0 Å². The summed E-state index contributed by atoms with van der Waals surface area (Å²) in [7, 11) is 0. The predicted octanol–water partition coefficient (Wildman–Crippen LogP) is 4.15. The monoisotopic (exact) mass is 364 g/mol. The Kier molecular flexibility index (Phi) is 4.52. The molecule has 0 unspecified atom stereocenters. The number of carbonyl (C=O) groups excluding carboxylic acids is 1. The first-order valence-corrected chi connectivity index (χ1v) is 9.16. The van der Waals surface area contributed by atoms with E-state index in [4.69, 9.17) is 4.74 Å². The zero-order valence-electron chi connectivity index (χ0n) is 15.4. The summed E-state index contributed by atoms with van der Waals surface area (Å²) in [4.78, 5) is 19.3. The minimum atomic E-state index is -0.384. The Hall–Kier alpha value is -2.95. The predicted molar refractivity (Wildman–Crippen MR) is 103 cm³/mol. The van der Waals surface area contributed by atoms with E-state index in [1.807, 2.05) is 31.2 Å². The summed E-state index contributed by atoms with van der Waals surface area (Å²) in [5.41, 5.74) is 3.48. The first-order chi connectivity index (χ1) is 13.0. The fourth-order valence-electron chi connectivity index (χ4n) is 3.37. The molecule has 1 fully saturated rings. The number of rotatable bonds is 4. The maximum absolute atomic E-state index is 13.7. The lowest BCUT2D eigenvalue weighted by Gasteiger charge is -2.39. The molecule has 1 amide bonds. The molecular formula is C22H21FN2O2. The summed E-state index contributed by atoms with van der Waals surface area (Å²) < 4.78 is 19.4. The van der Waals surface area contributed by atoms with Gasteiger partial charge in [-0.25, -0.2) is 4.39 Å². The van der Waals surface area contributed by atoms with Crippen molar-refractivity contribution >= 4 is 16.8 Å². The Morgan fingerprint density at radius 1 is 1.22 bits per heavy atom. The highest BCUT2D eigenvalue weighted by atomic mass is 19.1. The molecule has 0 aliphatic carbocycles. The molecule has 1 aromatic heterocycles.